The van der Waals surface area contributed by atoms with Crippen molar-refractivity contribution >= 4 is 17.9 Å². The molecule has 3 rings (SSSR count). The first-order valence-electron chi connectivity index (χ1n) is 5.31. The van der Waals surface area contributed by atoms with E-state index in [1.54, 1.807) is 11.9 Å². The van der Waals surface area contributed by atoms with Crippen molar-refractivity contribution in [1.29, 1.82) is 0 Å². The molecule has 4 heteroatoms. The summed E-state index contributed by atoms with van der Waals surface area (Å²) in [4.78, 5) is 13.2. The molecule has 1 aromatic rings. The number of carbonyl (C=O) groups is 1. The number of hydrogen-bond donors (Lipinski definition) is 0. The molecular weight excluding hydrogens is 222 g/mol. The molecule has 1 fully saturated rings. The van der Waals surface area contributed by atoms with Gasteiger partial charge in [0.25, 0.3) is 0 Å². The minimum Gasteiger partial charge on any atom is -0.435 e. The maximum absolute atomic E-state index is 11.6. The first-order valence-corrected chi connectivity index (χ1v) is 6.47. The Labute approximate surface area is 98.8 Å². The third kappa shape index (κ3) is 1.33. The topological polar surface area (TPSA) is 29.5 Å². The molecule has 2 heterocycles. The molecule has 0 bridgehead atoms. The predicted octanol–water partition coefficient (Wildman–Crippen LogP) is 2.21. The zero-order valence-corrected chi connectivity index (χ0v) is 9.92. The molecule has 0 aliphatic carbocycles. The Morgan fingerprint density at radius 2 is 2.25 bits per heavy atom. The smallest absolute Gasteiger partial charge is 0.410 e. The van der Waals surface area contributed by atoms with Crippen LogP contribution in [0.15, 0.2) is 24.3 Å². The van der Waals surface area contributed by atoms with Crippen LogP contribution in [-0.2, 0) is 16.1 Å². The number of benzene rings is 1. The van der Waals surface area contributed by atoms with Crippen LogP contribution in [0.4, 0.5) is 4.79 Å². The number of rotatable bonds is 0. The van der Waals surface area contributed by atoms with Crippen molar-refractivity contribution in [2.24, 2.45) is 0 Å². The van der Waals surface area contributed by atoms with Gasteiger partial charge in [-0.25, -0.2) is 4.79 Å². The number of thioether (sulfide) groups is 1. The highest BCUT2D eigenvalue weighted by Crippen LogP contribution is 2.42. The third-order valence-electron chi connectivity index (χ3n) is 3.19. The molecule has 16 heavy (non-hydrogen) atoms. The van der Waals surface area contributed by atoms with Crippen LogP contribution in [0.5, 0.6) is 0 Å². The lowest BCUT2D eigenvalue weighted by Gasteiger charge is -2.32. The quantitative estimate of drug-likeness (QED) is 0.690. The van der Waals surface area contributed by atoms with E-state index in [4.69, 9.17) is 4.74 Å². The zero-order valence-electron chi connectivity index (χ0n) is 9.10. The van der Waals surface area contributed by atoms with Crippen LogP contribution < -0.4 is 0 Å². The average Bonchev–Trinajstić information content (AvgIpc) is 2.56. The van der Waals surface area contributed by atoms with E-state index in [0.717, 1.165) is 11.5 Å². The molecule has 1 unspecified atom stereocenters. The molecule has 0 aromatic heterocycles. The minimum absolute atomic E-state index is 0.211. The lowest BCUT2D eigenvalue weighted by atomic mass is 9.91. The van der Waals surface area contributed by atoms with E-state index in [2.05, 4.69) is 12.1 Å². The summed E-state index contributed by atoms with van der Waals surface area (Å²) < 4.78 is 5.59. The summed E-state index contributed by atoms with van der Waals surface area (Å²) >= 11 is 1.83. The Morgan fingerprint density at radius 3 is 3.00 bits per heavy atom. The highest BCUT2D eigenvalue weighted by atomic mass is 32.2. The molecule has 0 saturated carbocycles. The predicted molar refractivity (Wildman–Crippen MR) is 63.4 cm³/mol. The maximum Gasteiger partial charge on any atom is 0.410 e. The SMILES string of the molecule is CN1CC2(CSCc3ccccc32)OC1=O. The minimum atomic E-state index is -0.411. The van der Waals surface area contributed by atoms with Gasteiger partial charge in [-0.2, -0.15) is 11.8 Å². The second-order valence-corrected chi connectivity index (χ2v) is 5.35. The molecule has 0 N–H and O–H groups in total. The van der Waals surface area contributed by atoms with Crippen molar-refractivity contribution in [3.63, 3.8) is 0 Å². The fourth-order valence-corrected chi connectivity index (χ4v) is 3.64. The van der Waals surface area contributed by atoms with Crippen molar-refractivity contribution in [3.05, 3.63) is 35.4 Å². The van der Waals surface area contributed by atoms with Crippen molar-refractivity contribution < 1.29 is 9.53 Å². The number of carbonyl (C=O) groups excluding carboxylic acids is 1. The van der Waals surface area contributed by atoms with Gasteiger partial charge >= 0.3 is 6.09 Å². The zero-order chi connectivity index (χ0) is 11.2. The number of ether oxygens (including phenoxy) is 1. The fraction of sp³-hybridized carbons (Fsp3) is 0.417. The van der Waals surface area contributed by atoms with Crippen LogP contribution in [0.1, 0.15) is 11.1 Å². The van der Waals surface area contributed by atoms with Crippen molar-refractivity contribution in [2.75, 3.05) is 19.3 Å². The van der Waals surface area contributed by atoms with Gasteiger partial charge in [0.1, 0.15) is 0 Å². The molecular formula is C12H13NO2S. The molecule has 0 radical (unpaired) electrons. The van der Waals surface area contributed by atoms with E-state index < -0.39 is 5.60 Å². The summed E-state index contributed by atoms with van der Waals surface area (Å²) in [6.45, 7) is 0.663. The average molecular weight is 235 g/mol. The van der Waals surface area contributed by atoms with Gasteiger partial charge in [-0.15, -0.1) is 0 Å². The standard InChI is InChI=1S/C12H13NO2S/c1-13-7-12(15-11(13)14)8-16-6-9-4-2-3-5-10(9)12/h2-5H,6-8H2,1H3. The van der Waals surface area contributed by atoms with Gasteiger partial charge in [0.15, 0.2) is 5.60 Å². The van der Waals surface area contributed by atoms with Crippen molar-refractivity contribution in [1.82, 2.24) is 4.90 Å². The molecule has 1 amide bonds. The van der Waals surface area contributed by atoms with Gasteiger partial charge < -0.3 is 9.64 Å². The molecule has 3 nitrogen and oxygen atoms in total. The first kappa shape index (κ1) is 10.0. The van der Waals surface area contributed by atoms with Gasteiger partial charge in [-0.05, 0) is 5.56 Å². The normalized spacial score (nSPS) is 28.1. The Bertz CT molecular complexity index is 448. The van der Waals surface area contributed by atoms with Gasteiger partial charge in [-0.3, -0.25) is 0 Å². The van der Waals surface area contributed by atoms with Gasteiger partial charge in [0, 0.05) is 24.1 Å². The summed E-state index contributed by atoms with van der Waals surface area (Å²) in [5.41, 5.74) is 2.07. The number of amides is 1. The number of hydrogen-bond acceptors (Lipinski definition) is 3. The number of nitrogens with zero attached hydrogens (tertiary/aromatic N) is 1. The molecule has 1 spiro atoms. The highest BCUT2D eigenvalue weighted by Gasteiger charge is 2.47. The number of fused-ring (bicyclic) bond motifs is 2. The summed E-state index contributed by atoms with van der Waals surface area (Å²) in [5, 5.41) is 0. The molecule has 1 saturated heterocycles. The molecule has 1 atom stereocenters. The maximum atomic E-state index is 11.6. The fourth-order valence-electron chi connectivity index (χ4n) is 2.43. The van der Waals surface area contributed by atoms with Crippen molar-refractivity contribution in [2.45, 2.75) is 11.4 Å². The van der Waals surface area contributed by atoms with Crippen molar-refractivity contribution in [3.8, 4) is 0 Å². The van der Waals surface area contributed by atoms with Crippen LogP contribution in [0.25, 0.3) is 0 Å². The summed E-state index contributed by atoms with van der Waals surface area (Å²) in [6, 6.07) is 8.26. The van der Waals surface area contributed by atoms with Crippen LogP contribution in [0, 0.1) is 0 Å². The first-order chi connectivity index (χ1) is 7.71. The Kier molecular flexibility index (Phi) is 2.14. The third-order valence-corrected chi connectivity index (χ3v) is 4.37. The van der Waals surface area contributed by atoms with E-state index in [9.17, 15) is 4.79 Å². The Morgan fingerprint density at radius 1 is 1.44 bits per heavy atom. The molecule has 1 aromatic carbocycles. The van der Waals surface area contributed by atoms with Crippen LogP contribution >= 0.6 is 11.8 Å². The Balaban J connectivity index is 2.08. The van der Waals surface area contributed by atoms with Gasteiger partial charge in [0.05, 0.1) is 6.54 Å². The number of likely N-dealkylation sites (N-methyl/N-ethyl adjacent to an activating group) is 1. The van der Waals surface area contributed by atoms with Gasteiger partial charge in [0.2, 0.25) is 0 Å². The lowest BCUT2D eigenvalue weighted by molar-refractivity contribution is 0.0724. The Hall–Kier alpha value is -1.16. The van der Waals surface area contributed by atoms with E-state index in [-0.39, 0.29) is 6.09 Å². The van der Waals surface area contributed by atoms with Gasteiger partial charge in [-0.1, -0.05) is 24.3 Å². The lowest BCUT2D eigenvalue weighted by Crippen LogP contribution is -2.36. The second-order valence-electron chi connectivity index (χ2n) is 4.37. The second kappa shape index (κ2) is 3.42. The largest absolute Gasteiger partial charge is 0.435 e. The molecule has 2 aliphatic heterocycles. The summed E-state index contributed by atoms with van der Waals surface area (Å²) in [6.07, 6.45) is -0.211. The summed E-state index contributed by atoms with van der Waals surface area (Å²) in [7, 11) is 1.79. The van der Waals surface area contributed by atoms with E-state index in [1.165, 1.54) is 11.1 Å². The van der Waals surface area contributed by atoms with Crippen LogP contribution in [0.2, 0.25) is 0 Å². The van der Waals surface area contributed by atoms with Crippen LogP contribution in [0.3, 0.4) is 0 Å². The summed E-state index contributed by atoms with van der Waals surface area (Å²) in [5.74, 6) is 1.87. The molecule has 84 valence electrons. The van der Waals surface area contributed by atoms with E-state index in [1.807, 2.05) is 23.9 Å². The van der Waals surface area contributed by atoms with E-state index >= 15 is 0 Å². The highest BCUT2D eigenvalue weighted by molar-refractivity contribution is 7.98. The molecule has 2 aliphatic rings. The van der Waals surface area contributed by atoms with E-state index in [0.29, 0.717) is 6.54 Å². The van der Waals surface area contributed by atoms with Crippen LogP contribution in [-0.4, -0.2) is 30.3 Å². The monoisotopic (exact) mass is 235 g/mol.